The monoisotopic (exact) mass is 303 g/mol. The number of hydrogen-bond acceptors (Lipinski definition) is 3. The standard InChI is InChI=1S/C14H13F4NO2/c15-13-7(2-1-3-12(13)21-14(16,17)18)6-11(20)10-5-8-4-9(8)19-10/h1-3,8-10,19H,4-6H2/t8-,9-,10+/m1/s1. The van der Waals surface area contributed by atoms with Crippen LogP contribution in [0.2, 0.25) is 0 Å². The maximum atomic E-state index is 13.9. The molecule has 0 unspecified atom stereocenters. The van der Waals surface area contributed by atoms with E-state index >= 15 is 0 Å². The number of rotatable bonds is 4. The number of Topliss-reactive ketones (excluding diaryl/α,β-unsaturated/α-hetero) is 1. The lowest BCUT2D eigenvalue weighted by Gasteiger charge is -2.14. The minimum Gasteiger partial charge on any atom is -0.403 e. The Morgan fingerprint density at radius 2 is 2.10 bits per heavy atom. The van der Waals surface area contributed by atoms with Crippen molar-refractivity contribution in [3.63, 3.8) is 0 Å². The maximum Gasteiger partial charge on any atom is 0.573 e. The van der Waals surface area contributed by atoms with Gasteiger partial charge in [-0.25, -0.2) is 4.39 Å². The molecule has 1 aromatic carbocycles. The van der Waals surface area contributed by atoms with Crippen molar-refractivity contribution in [2.24, 2.45) is 5.92 Å². The van der Waals surface area contributed by atoms with Gasteiger partial charge in [0.2, 0.25) is 0 Å². The topological polar surface area (TPSA) is 38.3 Å². The van der Waals surface area contributed by atoms with E-state index in [4.69, 9.17) is 0 Å². The Labute approximate surface area is 118 Å². The summed E-state index contributed by atoms with van der Waals surface area (Å²) in [5, 5.41) is 3.14. The molecule has 7 heteroatoms. The highest BCUT2D eigenvalue weighted by atomic mass is 19.4. The van der Waals surface area contributed by atoms with Crippen LogP contribution >= 0.6 is 0 Å². The van der Waals surface area contributed by atoms with Gasteiger partial charge in [0.15, 0.2) is 17.3 Å². The van der Waals surface area contributed by atoms with Crippen LogP contribution in [0.4, 0.5) is 17.6 Å². The summed E-state index contributed by atoms with van der Waals surface area (Å²) < 4.78 is 54.0. The molecule has 0 aromatic heterocycles. The Morgan fingerprint density at radius 1 is 1.33 bits per heavy atom. The molecule has 1 aliphatic carbocycles. The maximum absolute atomic E-state index is 13.9. The summed E-state index contributed by atoms with van der Waals surface area (Å²) in [5.41, 5.74) is -0.0795. The third kappa shape index (κ3) is 3.18. The van der Waals surface area contributed by atoms with Crippen LogP contribution in [0.1, 0.15) is 18.4 Å². The number of alkyl halides is 3. The van der Waals surface area contributed by atoms with E-state index < -0.39 is 17.9 Å². The summed E-state index contributed by atoms with van der Waals surface area (Å²) in [5.74, 6) is -1.73. The summed E-state index contributed by atoms with van der Waals surface area (Å²) in [6, 6.07) is 3.49. The van der Waals surface area contributed by atoms with Gasteiger partial charge < -0.3 is 10.1 Å². The molecule has 1 N–H and O–H groups in total. The van der Waals surface area contributed by atoms with Crippen LogP contribution in [-0.4, -0.2) is 24.2 Å². The van der Waals surface area contributed by atoms with Crippen molar-refractivity contribution in [2.75, 3.05) is 0 Å². The van der Waals surface area contributed by atoms with E-state index in [1.807, 2.05) is 0 Å². The second-order valence-corrected chi connectivity index (χ2v) is 5.48. The van der Waals surface area contributed by atoms with E-state index in [2.05, 4.69) is 10.1 Å². The molecule has 3 nitrogen and oxygen atoms in total. The van der Waals surface area contributed by atoms with Gasteiger partial charge in [-0.1, -0.05) is 12.1 Å². The second-order valence-electron chi connectivity index (χ2n) is 5.48. The van der Waals surface area contributed by atoms with Gasteiger partial charge in [-0.05, 0) is 30.4 Å². The zero-order valence-corrected chi connectivity index (χ0v) is 10.9. The van der Waals surface area contributed by atoms with E-state index in [1.165, 1.54) is 12.1 Å². The summed E-state index contributed by atoms with van der Waals surface area (Å²) in [4.78, 5) is 12.0. The number of nitrogens with one attached hydrogen (secondary N) is 1. The number of halogens is 4. The molecule has 114 valence electrons. The molecule has 1 aromatic rings. The predicted octanol–water partition coefficient (Wildman–Crippen LogP) is 2.59. The average molecular weight is 303 g/mol. The Bertz CT molecular complexity index is 563. The molecular formula is C14H13F4NO2. The van der Waals surface area contributed by atoms with Crippen molar-refractivity contribution in [3.05, 3.63) is 29.6 Å². The van der Waals surface area contributed by atoms with Gasteiger partial charge in [0.1, 0.15) is 0 Å². The third-order valence-electron chi connectivity index (χ3n) is 3.90. The molecule has 1 heterocycles. The fraction of sp³-hybridized carbons (Fsp3) is 0.500. The first kappa shape index (κ1) is 14.3. The number of ether oxygens (including phenoxy) is 1. The second kappa shape index (κ2) is 4.98. The van der Waals surface area contributed by atoms with E-state index in [0.29, 0.717) is 12.0 Å². The van der Waals surface area contributed by atoms with Crippen molar-refractivity contribution in [1.29, 1.82) is 0 Å². The molecule has 0 spiro atoms. The minimum atomic E-state index is -4.96. The molecule has 0 amide bonds. The van der Waals surface area contributed by atoms with Gasteiger partial charge in [0.25, 0.3) is 0 Å². The number of benzene rings is 1. The number of fused-ring (bicyclic) bond motifs is 1. The normalized spacial score (nSPS) is 27.3. The molecule has 0 bridgehead atoms. The molecule has 3 rings (SSSR count). The zero-order valence-electron chi connectivity index (χ0n) is 10.9. The first-order valence-corrected chi connectivity index (χ1v) is 6.65. The Morgan fingerprint density at radius 3 is 2.71 bits per heavy atom. The average Bonchev–Trinajstić information content (AvgIpc) is 2.99. The molecular weight excluding hydrogens is 290 g/mol. The minimum absolute atomic E-state index is 0.0795. The van der Waals surface area contributed by atoms with E-state index in [1.54, 1.807) is 0 Å². The fourth-order valence-electron chi connectivity index (χ4n) is 2.77. The lowest BCUT2D eigenvalue weighted by atomic mass is 10.0. The highest BCUT2D eigenvalue weighted by molar-refractivity contribution is 5.86. The van der Waals surface area contributed by atoms with Crippen molar-refractivity contribution in [2.45, 2.75) is 37.7 Å². The summed E-state index contributed by atoms with van der Waals surface area (Å²) in [7, 11) is 0. The van der Waals surface area contributed by atoms with E-state index in [9.17, 15) is 22.4 Å². The van der Waals surface area contributed by atoms with Gasteiger partial charge in [-0.2, -0.15) is 0 Å². The third-order valence-corrected chi connectivity index (χ3v) is 3.90. The first-order chi connectivity index (χ1) is 9.83. The van der Waals surface area contributed by atoms with Crippen LogP contribution in [0.15, 0.2) is 18.2 Å². The van der Waals surface area contributed by atoms with Crippen LogP contribution in [0, 0.1) is 11.7 Å². The summed E-state index contributed by atoms with van der Waals surface area (Å²) in [6.45, 7) is 0. The summed E-state index contributed by atoms with van der Waals surface area (Å²) in [6.07, 6.45) is -3.41. The van der Waals surface area contributed by atoms with Crippen molar-refractivity contribution < 1.29 is 27.1 Å². The molecule has 2 fully saturated rings. The predicted molar refractivity (Wildman–Crippen MR) is 65.2 cm³/mol. The highest BCUT2D eigenvalue weighted by Crippen LogP contribution is 2.41. The molecule has 1 saturated heterocycles. The fourth-order valence-corrected chi connectivity index (χ4v) is 2.77. The first-order valence-electron chi connectivity index (χ1n) is 6.65. The van der Waals surface area contributed by atoms with Gasteiger partial charge >= 0.3 is 6.36 Å². The molecule has 1 saturated carbocycles. The number of ketones is 1. The Balaban J connectivity index is 1.70. The van der Waals surface area contributed by atoms with Crippen molar-refractivity contribution in [1.82, 2.24) is 5.32 Å². The summed E-state index contributed by atoms with van der Waals surface area (Å²) >= 11 is 0. The lowest BCUT2D eigenvalue weighted by Crippen LogP contribution is -2.35. The van der Waals surface area contributed by atoms with Gasteiger partial charge in [-0.3, -0.25) is 4.79 Å². The number of piperidine rings is 1. The lowest BCUT2D eigenvalue weighted by molar-refractivity contribution is -0.275. The van der Waals surface area contributed by atoms with Crippen LogP contribution < -0.4 is 10.1 Å². The highest BCUT2D eigenvalue weighted by Gasteiger charge is 2.47. The van der Waals surface area contributed by atoms with Crippen LogP contribution in [0.5, 0.6) is 5.75 Å². The molecule has 2 aliphatic rings. The Kier molecular flexibility index (Phi) is 3.39. The van der Waals surface area contributed by atoms with Gasteiger partial charge in [-0.15, -0.1) is 13.2 Å². The molecule has 1 aliphatic heterocycles. The van der Waals surface area contributed by atoms with Crippen LogP contribution in [0.25, 0.3) is 0 Å². The number of carbonyl (C=O) groups is 1. The molecule has 3 atom stereocenters. The number of hydrogen-bond donors (Lipinski definition) is 1. The van der Waals surface area contributed by atoms with Crippen LogP contribution in [-0.2, 0) is 11.2 Å². The largest absolute Gasteiger partial charge is 0.573 e. The zero-order chi connectivity index (χ0) is 15.2. The van der Waals surface area contributed by atoms with Crippen LogP contribution in [0.3, 0.4) is 0 Å². The quantitative estimate of drug-likeness (QED) is 0.869. The molecule has 21 heavy (non-hydrogen) atoms. The number of carbonyl (C=O) groups excluding carboxylic acids is 1. The van der Waals surface area contributed by atoms with Crippen molar-refractivity contribution in [3.8, 4) is 5.75 Å². The smallest absolute Gasteiger partial charge is 0.403 e. The Hall–Kier alpha value is -1.63. The molecule has 0 radical (unpaired) electrons. The SMILES string of the molecule is O=C(Cc1cccc(OC(F)(F)F)c1F)[C@@H]1C[C@H]2C[C@H]2N1. The van der Waals surface area contributed by atoms with Crippen molar-refractivity contribution >= 4 is 5.78 Å². The van der Waals surface area contributed by atoms with Gasteiger partial charge in [0.05, 0.1) is 6.04 Å². The van der Waals surface area contributed by atoms with Gasteiger partial charge in [0, 0.05) is 12.5 Å². The van der Waals surface area contributed by atoms with E-state index in [0.717, 1.165) is 18.9 Å². The van der Waals surface area contributed by atoms with E-state index in [-0.39, 0.29) is 23.8 Å².